The number of nitrogens with two attached hydrogens (primary N) is 2. The molecule has 0 aromatic carbocycles. The summed E-state index contributed by atoms with van der Waals surface area (Å²) in [7, 11) is 0. The minimum absolute atomic E-state index is 0.309. The van der Waals surface area contributed by atoms with Crippen molar-refractivity contribution in [1.29, 1.82) is 0 Å². The Labute approximate surface area is 79.9 Å². The van der Waals surface area contributed by atoms with Gasteiger partial charge in [-0.3, -0.25) is 4.79 Å². The average molecular weight is 184 g/mol. The van der Waals surface area contributed by atoms with E-state index in [1.54, 1.807) is 0 Å². The van der Waals surface area contributed by atoms with Gasteiger partial charge in [-0.15, -0.1) is 0 Å². The number of primary amides is 1. The fourth-order valence-corrected chi connectivity index (χ4v) is 2.28. The molecule has 0 aliphatic heterocycles. The molecule has 3 heteroatoms. The van der Waals surface area contributed by atoms with Crippen molar-refractivity contribution in [3.8, 4) is 0 Å². The van der Waals surface area contributed by atoms with Gasteiger partial charge in [-0.2, -0.15) is 0 Å². The molecule has 0 saturated heterocycles. The second-order valence-electron chi connectivity index (χ2n) is 4.09. The Balaban J connectivity index is 2.68. The van der Waals surface area contributed by atoms with Crippen LogP contribution in [0.2, 0.25) is 0 Å². The van der Waals surface area contributed by atoms with Crippen LogP contribution in [0.3, 0.4) is 0 Å². The van der Waals surface area contributed by atoms with Gasteiger partial charge in [-0.1, -0.05) is 26.2 Å². The van der Waals surface area contributed by atoms with Crippen LogP contribution in [0.1, 0.15) is 45.4 Å². The summed E-state index contributed by atoms with van der Waals surface area (Å²) in [6, 6.07) is 0. The minimum Gasteiger partial charge on any atom is -0.368 e. The SMILES string of the molecule is CC[C@](N)(C(N)=O)C1CCCCC1. The number of rotatable bonds is 3. The Morgan fingerprint density at radius 3 is 2.31 bits per heavy atom. The predicted molar refractivity (Wildman–Crippen MR) is 53.0 cm³/mol. The molecule has 0 aromatic heterocycles. The topological polar surface area (TPSA) is 69.1 Å². The van der Waals surface area contributed by atoms with Crippen molar-refractivity contribution in [2.24, 2.45) is 17.4 Å². The number of carbonyl (C=O) groups is 1. The summed E-state index contributed by atoms with van der Waals surface area (Å²) in [4.78, 5) is 11.2. The fourth-order valence-electron chi connectivity index (χ4n) is 2.28. The molecule has 4 N–H and O–H groups in total. The Kier molecular flexibility index (Phi) is 3.31. The van der Waals surface area contributed by atoms with E-state index in [1.165, 1.54) is 19.3 Å². The first-order valence-corrected chi connectivity index (χ1v) is 5.20. The Hall–Kier alpha value is -0.570. The molecule has 1 aliphatic rings. The molecule has 1 aliphatic carbocycles. The van der Waals surface area contributed by atoms with E-state index >= 15 is 0 Å². The quantitative estimate of drug-likeness (QED) is 0.691. The lowest BCUT2D eigenvalue weighted by atomic mass is 9.73. The highest BCUT2D eigenvalue weighted by Crippen LogP contribution is 2.32. The highest BCUT2D eigenvalue weighted by atomic mass is 16.1. The molecule has 3 nitrogen and oxygen atoms in total. The Morgan fingerprint density at radius 2 is 1.92 bits per heavy atom. The van der Waals surface area contributed by atoms with Crippen LogP contribution in [0.25, 0.3) is 0 Å². The molecule has 1 fully saturated rings. The van der Waals surface area contributed by atoms with Gasteiger partial charge in [0.2, 0.25) is 5.91 Å². The molecule has 0 aromatic rings. The summed E-state index contributed by atoms with van der Waals surface area (Å²) >= 11 is 0. The third-order valence-electron chi connectivity index (χ3n) is 3.38. The van der Waals surface area contributed by atoms with Gasteiger partial charge < -0.3 is 11.5 Å². The standard InChI is InChI=1S/C10H20N2O/c1-2-10(12,9(11)13)8-6-4-3-5-7-8/h8H,2-7,12H2,1H3,(H2,11,13)/t10-/m1/s1. The molecule has 1 saturated carbocycles. The number of amides is 1. The number of hydrogen-bond donors (Lipinski definition) is 2. The van der Waals surface area contributed by atoms with Crippen LogP contribution < -0.4 is 11.5 Å². The molecule has 0 unspecified atom stereocenters. The van der Waals surface area contributed by atoms with E-state index in [0.29, 0.717) is 12.3 Å². The monoisotopic (exact) mass is 184 g/mol. The van der Waals surface area contributed by atoms with Gasteiger partial charge in [0, 0.05) is 0 Å². The maximum absolute atomic E-state index is 11.2. The van der Waals surface area contributed by atoms with E-state index in [-0.39, 0.29) is 5.91 Å². The molecule has 0 bridgehead atoms. The van der Waals surface area contributed by atoms with Crippen molar-refractivity contribution in [2.45, 2.75) is 51.0 Å². The van der Waals surface area contributed by atoms with E-state index in [4.69, 9.17) is 11.5 Å². The van der Waals surface area contributed by atoms with E-state index in [1.807, 2.05) is 6.92 Å². The molecule has 76 valence electrons. The summed E-state index contributed by atoms with van der Waals surface area (Å²) in [6.07, 6.45) is 6.44. The van der Waals surface area contributed by atoms with Crippen molar-refractivity contribution in [3.05, 3.63) is 0 Å². The van der Waals surface area contributed by atoms with E-state index < -0.39 is 5.54 Å². The predicted octanol–water partition coefficient (Wildman–Crippen LogP) is 1.16. The van der Waals surface area contributed by atoms with Crippen LogP contribution in [-0.4, -0.2) is 11.4 Å². The van der Waals surface area contributed by atoms with Crippen LogP contribution in [0, 0.1) is 5.92 Å². The first-order chi connectivity index (χ1) is 6.11. The molecule has 0 spiro atoms. The zero-order chi connectivity index (χ0) is 9.90. The maximum Gasteiger partial charge on any atom is 0.237 e. The molecular formula is C10H20N2O. The van der Waals surface area contributed by atoms with E-state index in [9.17, 15) is 4.79 Å². The van der Waals surface area contributed by atoms with Gasteiger partial charge in [0.15, 0.2) is 0 Å². The fraction of sp³-hybridized carbons (Fsp3) is 0.900. The highest BCUT2D eigenvalue weighted by molar-refractivity contribution is 5.84. The van der Waals surface area contributed by atoms with E-state index in [0.717, 1.165) is 12.8 Å². The van der Waals surface area contributed by atoms with Crippen LogP contribution in [0.4, 0.5) is 0 Å². The lowest BCUT2D eigenvalue weighted by Crippen LogP contribution is -2.57. The largest absolute Gasteiger partial charge is 0.368 e. The summed E-state index contributed by atoms with van der Waals surface area (Å²) in [5.74, 6) is -0.0225. The lowest BCUT2D eigenvalue weighted by Gasteiger charge is -2.36. The molecule has 1 rings (SSSR count). The van der Waals surface area contributed by atoms with Gasteiger partial charge in [-0.05, 0) is 25.2 Å². The lowest BCUT2D eigenvalue weighted by molar-refractivity contribution is -0.125. The van der Waals surface area contributed by atoms with Gasteiger partial charge in [0.25, 0.3) is 0 Å². The maximum atomic E-state index is 11.2. The van der Waals surface area contributed by atoms with Crippen LogP contribution in [-0.2, 0) is 4.79 Å². The van der Waals surface area contributed by atoms with Crippen molar-refractivity contribution in [1.82, 2.24) is 0 Å². The first kappa shape index (κ1) is 10.5. The normalized spacial score (nSPS) is 23.8. The zero-order valence-corrected chi connectivity index (χ0v) is 8.38. The third-order valence-corrected chi connectivity index (χ3v) is 3.38. The van der Waals surface area contributed by atoms with Crippen LogP contribution in [0.15, 0.2) is 0 Å². The molecule has 1 atom stereocenters. The van der Waals surface area contributed by atoms with Gasteiger partial charge >= 0.3 is 0 Å². The van der Waals surface area contributed by atoms with Gasteiger partial charge in [0.1, 0.15) is 0 Å². The summed E-state index contributed by atoms with van der Waals surface area (Å²) in [6.45, 7) is 1.94. The smallest absolute Gasteiger partial charge is 0.237 e. The molecule has 13 heavy (non-hydrogen) atoms. The van der Waals surface area contributed by atoms with Crippen molar-refractivity contribution in [2.75, 3.05) is 0 Å². The Bertz CT molecular complexity index is 187. The Morgan fingerprint density at radius 1 is 1.38 bits per heavy atom. The van der Waals surface area contributed by atoms with Crippen molar-refractivity contribution in [3.63, 3.8) is 0 Å². The average Bonchev–Trinajstić information content (AvgIpc) is 2.17. The summed E-state index contributed by atoms with van der Waals surface area (Å²) < 4.78 is 0. The van der Waals surface area contributed by atoms with E-state index in [2.05, 4.69) is 0 Å². The van der Waals surface area contributed by atoms with Crippen LogP contribution in [0.5, 0.6) is 0 Å². The second-order valence-corrected chi connectivity index (χ2v) is 4.09. The number of carbonyl (C=O) groups excluding carboxylic acids is 1. The van der Waals surface area contributed by atoms with Crippen molar-refractivity contribution < 1.29 is 4.79 Å². The summed E-state index contributed by atoms with van der Waals surface area (Å²) in [5.41, 5.74) is 10.6. The molecular weight excluding hydrogens is 164 g/mol. The summed E-state index contributed by atoms with van der Waals surface area (Å²) in [5, 5.41) is 0. The highest BCUT2D eigenvalue weighted by Gasteiger charge is 2.38. The third kappa shape index (κ3) is 2.02. The zero-order valence-electron chi connectivity index (χ0n) is 8.38. The van der Waals surface area contributed by atoms with Gasteiger partial charge in [0.05, 0.1) is 5.54 Å². The van der Waals surface area contributed by atoms with Gasteiger partial charge in [-0.25, -0.2) is 0 Å². The van der Waals surface area contributed by atoms with Crippen molar-refractivity contribution >= 4 is 5.91 Å². The molecule has 0 radical (unpaired) electrons. The molecule has 0 heterocycles. The second kappa shape index (κ2) is 4.09. The number of hydrogen-bond acceptors (Lipinski definition) is 2. The first-order valence-electron chi connectivity index (χ1n) is 5.20. The van der Waals surface area contributed by atoms with Crippen LogP contribution >= 0.6 is 0 Å². The minimum atomic E-state index is -0.750. The molecule has 1 amide bonds.